The number of unbranched alkanes of at least 4 members (excludes halogenated alkanes) is 14. The van der Waals surface area contributed by atoms with Gasteiger partial charge in [0.15, 0.2) is 0 Å². The average Bonchev–Trinajstić information content (AvgIpc) is 3.28. The minimum atomic E-state index is -0.237. The lowest BCUT2D eigenvalue weighted by Crippen LogP contribution is -2.23. The van der Waals surface area contributed by atoms with Crippen LogP contribution in [0.5, 0.6) is 0 Å². The van der Waals surface area contributed by atoms with Crippen molar-refractivity contribution in [2.24, 2.45) is 0 Å². The standard InChI is InChI=1S/C51H92O12/c1-7-13-15-24-31-43(61-47(53)10-4)38-39-45(63-49(55)12-6)33-26-20-18-22-28-35-51(57)59-41-29-40-58-50(56)34-27-21-17-16-19-25-32-44(62-48(54)11-5)37-36-42(30-23-14-8-2)60-46(52)9-3/h42-45H,7-41H2,1-6H3. The molecular weight excluding hydrogens is 805 g/mol. The normalized spacial score (nSPS) is 13.0. The molecule has 0 spiro atoms. The minimum absolute atomic E-state index is 0.130. The van der Waals surface area contributed by atoms with Gasteiger partial charge in [0.1, 0.15) is 24.4 Å². The second kappa shape index (κ2) is 42.8. The first-order chi connectivity index (χ1) is 30.5. The van der Waals surface area contributed by atoms with Crippen LogP contribution in [0.15, 0.2) is 0 Å². The number of ether oxygens (including phenoxy) is 6. The van der Waals surface area contributed by atoms with E-state index in [1.807, 2.05) is 0 Å². The molecule has 0 saturated heterocycles. The van der Waals surface area contributed by atoms with E-state index in [1.54, 1.807) is 27.7 Å². The molecule has 0 amide bonds. The lowest BCUT2D eigenvalue weighted by atomic mass is 10.00. The predicted molar refractivity (Wildman–Crippen MR) is 248 cm³/mol. The molecule has 4 atom stereocenters. The minimum Gasteiger partial charge on any atom is -0.466 e. The van der Waals surface area contributed by atoms with Gasteiger partial charge in [-0.2, -0.15) is 0 Å². The fraction of sp³-hybridized carbons (Fsp3) is 0.882. The molecule has 12 heteroatoms. The molecule has 0 aromatic carbocycles. The molecule has 0 N–H and O–H groups in total. The van der Waals surface area contributed by atoms with E-state index in [0.717, 1.165) is 135 Å². The molecule has 0 aliphatic heterocycles. The van der Waals surface area contributed by atoms with Crippen molar-refractivity contribution in [1.82, 2.24) is 0 Å². The molecular formula is C51H92O12. The van der Waals surface area contributed by atoms with Gasteiger partial charge in [-0.3, -0.25) is 28.8 Å². The molecule has 0 aromatic rings. The molecule has 0 aliphatic carbocycles. The molecule has 0 aliphatic rings. The first-order valence-corrected chi connectivity index (χ1v) is 25.6. The number of esters is 6. The van der Waals surface area contributed by atoms with Crippen LogP contribution in [0.4, 0.5) is 0 Å². The van der Waals surface area contributed by atoms with Gasteiger partial charge in [-0.15, -0.1) is 0 Å². The molecule has 0 rings (SSSR count). The summed E-state index contributed by atoms with van der Waals surface area (Å²) in [5.41, 5.74) is 0. The summed E-state index contributed by atoms with van der Waals surface area (Å²) in [6.45, 7) is 12.0. The molecule has 12 nitrogen and oxygen atoms in total. The number of rotatable bonds is 44. The van der Waals surface area contributed by atoms with E-state index in [2.05, 4.69) is 13.8 Å². The Morgan fingerprint density at radius 2 is 0.540 bits per heavy atom. The maximum absolute atomic E-state index is 12.2. The van der Waals surface area contributed by atoms with Gasteiger partial charge in [0, 0.05) is 44.9 Å². The Morgan fingerprint density at radius 1 is 0.286 bits per heavy atom. The fourth-order valence-corrected chi connectivity index (χ4v) is 7.39. The van der Waals surface area contributed by atoms with Gasteiger partial charge < -0.3 is 28.4 Å². The third-order valence-corrected chi connectivity index (χ3v) is 11.4. The topological polar surface area (TPSA) is 158 Å². The van der Waals surface area contributed by atoms with Crippen molar-refractivity contribution >= 4 is 35.8 Å². The Kier molecular flexibility index (Phi) is 40.6. The summed E-state index contributed by atoms with van der Waals surface area (Å²) in [6.07, 6.45) is 26.0. The average molecular weight is 897 g/mol. The lowest BCUT2D eigenvalue weighted by Gasteiger charge is -2.22. The zero-order valence-electron chi connectivity index (χ0n) is 41.0. The SMILES string of the molecule is CCCCCCC(CCC(CCCCCCCC(=O)OCCCOC(=O)CCCCCCCCC(CCC(CCCCC)OC(=O)CC)OC(=O)CC)OC(=O)CC)OC(=O)CC. The number of carbonyl (C=O) groups excluding carboxylic acids is 6. The van der Waals surface area contributed by atoms with Crippen molar-refractivity contribution < 1.29 is 57.2 Å². The number of hydrogen-bond acceptors (Lipinski definition) is 12. The first-order valence-electron chi connectivity index (χ1n) is 25.6. The molecule has 0 fully saturated rings. The highest BCUT2D eigenvalue weighted by atomic mass is 16.6. The van der Waals surface area contributed by atoms with Crippen LogP contribution in [0, 0.1) is 0 Å². The van der Waals surface area contributed by atoms with E-state index in [-0.39, 0.29) is 73.4 Å². The summed E-state index contributed by atoms with van der Waals surface area (Å²) in [5.74, 6) is -1.22. The third kappa shape index (κ3) is 37.9. The Morgan fingerprint density at radius 3 is 0.841 bits per heavy atom. The largest absolute Gasteiger partial charge is 0.466 e. The van der Waals surface area contributed by atoms with Gasteiger partial charge >= 0.3 is 35.8 Å². The van der Waals surface area contributed by atoms with E-state index >= 15 is 0 Å². The van der Waals surface area contributed by atoms with Crippen LogP contribution in [0.25, 0.3) is 0 Å². The van der Waals surface area contributed by atoms with Gasteiger partial charge in [0.2, 0.25) is 0 Å². The van der Waals surface area contributed by atoms with Crippen LogP contribution in [0.3, 0.4) is 0 Å². The first kappa shape index (κ1) is 59.8. The summed E-state index contributed by atoms with van der Waals surface area (Å²) in [7, 11) is 0. The predicted octanol–water partition coefficient (Wildman–Crippen LogP) is 12.7. The molecule has 0 radical (unpaired) electrons. The second-order valence-electron chi connectivity index (χ2n) is 17.1. The summed E-state index contributed by atoms with van der Waals surface area (Å²) < 4.78 is 33.5. The highest BCUT2D eigenvalue weighted by molar-refractivity contribution is 5.71. The Hall–Kier alpha value is -3.18. The fourth-order valence-electron chi connectivity index (χ4n) is 7.39. The van der Waals surface area contributed by atoms with Crippen LogP contribution < -0.4 is 0 Å². The van der Waals surface area contributed by atoms with Crippen LogP contribution >= 0.6 is 0 Å². The summed E-state index contributed by atoms with van der Waals surface area (Å²) >= 11 is 0. The van der Waals surface area contributed by atoms with Gasteiger partial charge in [-0.25, -0.2) is 0 Å². The van der Waals surface area contributed by atoms with E-state index in [0.29, 0.717) is 70.6 Å². The Bertz CT molecular complexity index is 1170. The van der Waals surface area contributed by atoms with Gasteiger partial charge in [-0.1, -0.05) is 119 Å². The lowest BCUT2D eigenvalue weighted by molar-refractivity contribution is -0.153. The maximum Gasteiger partial charge on any atom is 0.305 e. The third-order valence-electron chi connectivity index (χ3n) is 11.4. The number of hydrogen-bond donors (Lipinski definition) is 0. The highest BCUT2D eigenvalue weighted by Gasteiger charge is 2.21. The van der Waals surface area contributed by atoms with Gasteiger partial charge in [-0.05, 0) is 89.9 Å². The monoisotopic (exact) mass is 897 g/mol. The van der Waals surface area contributed by atoms with E-state index < -0.39 is 0 Å². The number of carbonyl (C=O) groups is 6. The van der Waals surface area contributed by atoms with Crippen LogP contribution in [-0.2, 0) is 57.2 Å². The Balaban J connectivity index is 4.15. The quantitative estimate of drug-likeness (QED) is 0.0324. The Labute approximate surface area is 383 Å². The molecule has 0 aromatic heterocycles. The van der Waals surface area contributed by atoms with Crippen molar-refractivity contribution in [1.29, 1.82) is 0 Å². The van der Waals surface area contributed by atoms with E-state index in [1.165, 1.54) is 6.42 Å². The van der Waals surface area contributed by atoms with Crippen molar-refractivity contribution in [2.75, 3.05) is 13.2 Å². The van der Waals surface area contributed by atoms with E-state index in [9.17, 15) is 28.8 Å². The van der Waals surface area contributed by atoms with Crippen molar-refractivity contribution in [3.8, 4) is 0 Å². The van der Waals surface area contributed by atoms with Gasteiger partial charge in [0.05, 0.1) is 13.2 Å². The van der Waals surface area contributed by atoms with Crippen LogP contribution in [-0.4, -0.2) is 73.4 Å². The zero-order valence-corrected chi connectivity index (χ0v) is 41.0. The van der Waals surface area contributed by atoms with Crippen LogP contribution in [0.2, 0.25) is 0 Å². The molecule has 368 valence electrons. The van der Waals surface area contributed by atoms with Crippen molar-refractivity contribution in [3.05, 3.63) is 0 Å². The van der Waals surface area contributed by atoms with E-state index in [4.69, 9.17) is 28.4 Å². The maximum atomic E-state index is 12.2. The second-order valence-corrected chi connectivity index (χ2v) is 17.1. The van der Waals surface area contributed by atoms with Crippen molar-refractivity contribution in [2.45, 2.75) is 278 Å². The summed E-state index contributed by atoms with van der Waals surface area (Å²) in [4.78, 5) is 72.5. The molecule has 4 unspecified atom stereocenters. The molecule has 63 heavy (non-hydrogen) atoms. The molecule has 0 heterocycles. The zero-order chi connectivity index (χ0) is 46.8. The summed E-state index contributed by atoms with van der Waals surface area (Å²) in [6, 6.07) is 0. The van der Waals surface area contributed by atoms with Crippen LogP contribution in [0.1, 0.15) is 253 Å². The molecule has 0 saturated carbocycles. The molecule has 0 bridgehead atoms. The van der Waals surface area contributed by atoms with Gasteiger partial charge in [0.25, 0.3) is 0 Å². The summed E-state index contributed by atoms with van der Waals surface area (Å²) in [5, 5.41) is 0. The smallest absolute Gasteiger partial charge is 0.305 e. The van der Waals surface area contributed by atoms with Crippen molar-refractivity contribution in [3.63, 3.8) is 0 Å². The highest BCUT2D eigenvalue weighted by Crippen LogP contribution is 2.22.